The van der Waals surface area contributed by atoms with Crippen molar-refractivity contribution in [1.29, 1.82) is 5.26 Å². The lowest BCUT2D eigenvalue weighted by Gasteiger charge is -2.11. The number of nitrogens with zero attached hydrogens (tertiary/aromatic N) is 1. The minimum absolute atomic E-state index is 0.0329. The number of hydrogen-bond donors (Lipinski definition) is 1. The summed E-state index contributed by atoms with van der Waals surface area (Å²) in [6.07, 6.45) is -2.45. The van der Waals surface area contributed by atoms with Gasteiger partial charge >= 0.3 is 6.18 Å². The molecule has 3 nitrogen and oxygen atoms in total. The van der Waals surface area contributed by atoms with Gasteiger partial charge in [0.1, 0.15) is 11.6 Å². The zero-order valence-electron chi connectivity index (χ0n) is 17.6. The highest BCUT2D eigenvalue weighted by molar-refractivity contribution is 6.09. The molecule has 0 saturated carbocycles. The molecule has 0 fully saturated rings. The molecule has 3 aromatic rings. The van der Waals surface area contributed by atoms with E-state index in [-0.39, 0.29) is 11.3 Å². The second-order valence-corrected chi connectivity index (χ2v) is 7.57. The molecule has 0 aliphatic rings. The second-order valence-electron chi connectivity index (χ2n) is 7.57. The Kier molecular flexibility index (Phi) is 6.79. The van der Waals surface area contributed by atoms with E-state index >= 15 is 0 Å². The molecular formula is C26H21F3N2O. The van der Waals surface area contributed by atoms with Gasteiger partial charge < -0.3 is 5.32 Å². The summed E-state index contributed by atoms with van der Waals surface area (Å²) in [5, 5.41) is 11.9. The smallest absolute Gasteiger partial charge is 0.321 e. The first kappa shape index (κ1) is 22.8. The maximum atomic E-state index is 12.9. The molecule has 0 radical (unpaired) electrons. The first-order valence-corrected chi connectivity index (χ1v) is 9.91. The SMILES string of the molecule is Cc1cc(C)cc(Cc2ccccc2/C=C(\C#N)C(=O)Nc2cccc(C(F)(F)F)c2)c1. The van der Waals surface area contributed by atoms with Crippen molar-refractivity contribution in [3.63, 3.8) is 0 Å². The lowest BCUT2D eigenvalue weighted by molar-refractivity contribution is -0.137. The second kappa shape index (κ2) is 9.52. The molecule has 0 aliphatic carbocycles. The number of nitriles is 1. The predicted molar refractivity (Wildman–Crippen MR) is 119 cm³/mol. The zero-order valence-corrected chi connectivity index (χ0v) is 17.6. The molecule has 0 saturated heterocycles. The van der Waals surface area contributed by atoms with Crippen LogP contribution in [0.15, 0.2) is 72.3 Å². The average molecular weight is 434 g/mol. The predicted octanol–water partition coefficient (Wildman–Crippen LogP) is 6.46. The normalized spacial score (nSPS) is 11.7. The zero-order chi connectivity index (χ0) is 23.3. The lowest BCUT2D eigenvalue weighted by Crippen LogP contribution is -2.14. The van der Waals surface area contributed by atoms with Crippen LogP contribution in [0.4, 0.5) is 18.9 Å². The van der Waals surface area contributed by atoms with Gasteiger partial charge in [-0.05, 0) is 61.2 Å². The molecule has 1 amide bonds. The molecule has 1 N–H and O–H groups in total. The lowest BCUT2D eigenvalue weighted by atomic mass is 9.96. The molecular weight excluding hydrogens is 413 g/mol. The van der Waals surface area contributed by atoms with Crippen LogP contribution in [0.25, 0.3) is 6.08 Å². The first-order valence-electron chi connectivity index (χ1n) is 9.91. The fourth-order valence-electron chi connectivity index (χ4n) is 3.50. The molecule has 0 aromatic heterocycles. The van der Waals surface area contributed by atoms with Crippen molar-refractivity contribution in [3.05, 3.63) is 106 Å². The Labute approximate surface area is 184 Å². The molecule has 32 heavy (non-hydrogen) atoms. The number of halogens is 3. The van der Waals surface area contributed by atoms with Crippen molar-refractivity contribution in [2.45, 2.75) is 26.4 Å². The van der Waals surface area contributed by atoms with Gasteiger partial charge in [0, 0.05) is 5.69 Å². The van der Waals surface area contributed by atoms with Gasteiger partial charge in [0.2, 0.25) is 0 Å². The highest BCUT2D eigenvalue weighted by atomic mass is 19.4. The van der Waals surface area contributed by atoms with Gasteiger partial charge in [-0.25, -0.2) is 0 Å². The number of amides is 1. The number of aryl methyl sites for hydroxylation is 2. The van der Waals surface area contributed by atoms with E-state index in [9.17, 15) is 23.2 Å². The summed E-state index contributed by atoms with van der Waals surface area (Å²) in [5.74, 6) is -0.770. The molecule has 6 heteroatoms. The highest BCUT2D eigenvalue weighted by Crippen LogP contribution is 2.30. The summed E-state index contributed by atoms with van der Waals surface area (Å²) >= 11 is 0. The van der Waals surface area contributed by atoms with Crippen LogP contribution in [0.2, 0.25) is 0 Å². The van der Waals surface area contributed by atoms with Crippen LogP contribution in [-0.2, 0) is 17.4 Å². The van der Waals surface area contributed by atoms with Gasteiger partial charge in [-0.1, -0.05) is 59.7 Å². The van der Waals surface area contributed by atoms with Crippen molar-refractivity contribution >= 4 is 17.7 Å². The third-order valence-corrected chi connectivity index (χ3v) is 4.84. The molecule has 3 aromatic carbocycles. The third kappa shape index (κ3) is 5.86. The van der Waals surface area contributed by atoms with Crippen LogP contribution >= 0.6 is 0 Å². The minimum Gasteiger partial charge on any atom is -0.321 e. The number of hydrogen-bond acceptors (Lipinski definition) is 2. The van der Waals surface area contributed by atoms with E-state index in [0.717, 1.165) is 34.4 Å². The number of rotatable bonds is 5. The Balaban J connectivity index is 1.87. The largest absolute Gasteiger partial charge is 0.416 e. The fraction of sp³-hybridized carbons (Fsp3) is 0.154. The van der Waals surface area contributed by atoms with E-state index in [4.69, 9.17) is 0 Å². The van der Waals surface area contributed by atoms with Crippen LogP contribution in [0.5, 0.6) is 0 Å². The number of benzene rings is 3. The van der Waals surface area contributed by atoms with Gasteiger partial charge in [0.25, 0.3) is 5.91 Å². The Morgan fingerprint density at radius 2 is 1.69 bits per heavy atom. The molecule has 0 heterocycles. The molecule has 162 valence electrons. The summed E-state index contributed by atoms with van der Waals surface area (Å²) in [5.41, 5.74) is 3.91. The highest BCUT2D eigenvalue weighted by Gasteiger charge is 2.30. The summed E-state index contributed by atoms with van der Waals surface area (Å²) in [4.78, 5) is 12.6. The van der Waals surface area contributed by atoms with Gasteiger partial charge in [-0.2, -0.15) is 18.4 Å². The molecule has 0 atom stereocenters. The molecule has 0 spiro atoms. The Bertz CT molecular complexity index is 1200. The Morgan fingerprint density at radius 1 is 1.00 bits per heavy atom. The number of carbonyl (C=O) groups is 1. The quantitative estimate of drug-likeness (QED) is 0.370. The van der Waals surface area contributed by atoms with E-state index in [1.807, 2.05) is 32.0 Å². The van der Waals surface area contributed by atoms with Crippen LogP contribution in [0, 0.1) is 25.2 Å². The van der Waals surface area contributed by atoms with Crippen molar-refractivity contribution in [3.8, 4) is 6.07 Å². The van der Waals surface area contributed by atoms with E-state index in [2.05, 4.69) is 23.5 Å². The van der Waals surface area contributed by atoms with Crippen LogP contribution in [0.3, 0.4) is 0 Å². The first-order chi connectivity index (χ1) is 15.2. The van der Waals surface area contributed by atoms with Crippen LogP contribution < -0.4 is 5.32 Å². The maximum Gasteiger partial charge on any atom is 0.416 e. The van der Waals surface area contributed by atoms with Crippen molar-refractivity contribution in [2.75, 3.05) is 5.32 Å². The van der Waals surface area contributed by atoms with Crippen LogP contribution in [-0.4, -0.2) is 5.91 Å². The van der Waals surface area contributed by atoms with Gasteiger partial charge in [0.15, 0.2) is 0 Å². The number of nitrogens with one attached hydrogen (secondary N) is 1. The summed E-state index contributed by atoms with van der Waals surface area (Å²) < 4.78 is 38.7. The van der Waals surface area contributed by atoms with E-state index in [1.54, 1.807) is 12.1 Å². The summed E-state index contributed by atoms with van der Waals surface area (Å²) in [6.45, 7) is 4.04. The van der Waals surface area contributed by atoms with E-state index in [0.29, 0.717) is 12.0 Å². The monoisotopic (exact) mass is 434 g/mol. The van der Waals surface area contributed by atoms with Gasteiger partial charge in [-0.3, -0.25) is 4.79 Å². The number of carbonyl (C=O) groups excluding carboxylic acids is 1. The van der Waals surface area contributed by atoms with Gasteiger partial charge in [-0.15, -0.1) is 0 Å². The molecule has 3 rings (SSSR count). The van der Waals surface area contributed by atoms with Crippen LogP contribution in [0.1, 0.15) is 33.4 Å². The summed E-state index contributed by atoms with van der Waals surface area (Å²) in [6, 6.07) is 19.8. The maximum absolute atomic E-state index is 12.9. The van der Waals surface area contributed by atoms with Crippen molar-refractivity contribution in [1.82, 2.24) is 0 Å². The molecule has 0 bridgehead atoms. The number of anilines is 1. The third-order valence-electron chi connectivity index (χ3n) is 4.84. The Morgan fingerprint density at radius 3 is 2.34 bits per heavy atom. The van der Waals surface area contributed by atoms with Crippen molar-refractivity contribution in [2.24, 2.45) is 0 Å². The summed E-state index contributed by atoms with van der Waals surface area (Å²) in [7, 11) is 0. The number of alkyl halides is 3. The van der Waals surface area contributed by atoms with Gasteiger partial charge in [0.05, 0.1) is 5.56 Å². The van der Waals surface area contributed by atoms with E-state index in [1.165, 1.54) is 18.2 Å². The molecule has 0 aliphatic heterocycles. The average Bonchev–Trinajstić information content (AvgIpc) is 2.72. The standard InChI is InChI=1S/C26H21F3N2O/c1-17-10-18(2)12-19(11-17)13-20-6-3-4-7-21(20)14-22(16-30)25(32)31-24-9-5-8-23(15-24)26(27,28)29/h3-12,14-15H,13H2,1-2H3,(H,31,32)/b22-14+. The van der Waals surface area contributed by atoms with E-state index < -0.39 is 17.6 Å². The topological polar surface area (TPSA) is 52.9 Å². The van der Waals surface area contributed by atoms with Crippen molar-refractivity contribution < 1.29 is 18.0 Å². The molecule has 0 unspecified atom stereocenters. The minimum atomic E-state index is -4.53. The fourth-order valence-corrected chi connectivity index (χ4v) is 3.50. The Hall–Kier alpha value is -3.85.